The van der Waals surface area contributed by atoms with E-state index in [-0.39, 0.29) is 11.9 Å². The fraction of sp³-hybridized carbons (Fsp3) is 0.571. The van der Waals surface area contributed by atoms with Gasteiger partial charge in [0, 0.05) is 12.4 Å². The highest BCUT2D eigenvalue weighted by Gasteiger charge is 2.26. The molecule has 0 aromatic rings. The maximum atomic E-state index is 11.0. The Morgan fingerprint density at radius 2 is 2.50 bits per heavy atom. The second kappa shape index (κ2) is 4.27. The van der Waals surface area contributed by atoms with Gasteiger partial charge in [-0.25, -0.2) is 0 Å². The van der Waals surface area contributed by atoms with Gasteiger partial charge in [-0.3, -0.25) is 7.91 Å². The molecule has 1 rings (SSSR count). The first-order valence-electron chi connectivity index (χ1n) is 3.71. The van der Waals surface area contributed by atoms with Crippen LogP contribution >= 0.6 is 22.9 Å². The maximum Gasteiger partial charge on any atom is 0.231 e. The Bertz CT molecular complexity index is 208. The highest BCUT2D eigenvalue weighted by molar-refractivity contribution is 14.1. The van der Waals surface area contributed by atoms with Crippen LogP contribution in [0, 0.1) is 0 Å². The number of carbonyl (C=O) groups is 1. The molecule has 0 bridgehead atoms. The zero-order valence-electron chi connectivity index (χ0n) is 6.48. The number of halogens is 1. The summed E-state index contributed by atoms with van der Waals surface area (Å²) in [7, 11) is 5.11. The summed E-state index contributed by atoms with van der Waals surface area (Å²) in [5, 5.41) is 8.75. The Labute approximate surface area is 86.7 Å². The van der Waals surface area contributed by atoms with Crippen molar-refractivity contribution in [2.75, 3.05) is 0 Å². The lowest BCUT2D eigenvalue weighted by atomic mass is 9.99. The van der Waals surface area contributed by atoms with E-state index in [0.29, 0.717) is 6.42 Å². The van der Waals surface area contributed by atoms with E-state index < -0.39 is 6.00 Å². The van der Waals surface area contributed by atoms with Crippen LogP contribution in [0.15, 0.2) is 12.2 Å². The smallest absolute Gasteiger partial charge is 0.231 e. The first-order chi connectivity index (χ1) is 5.61. The average molecular weight is 277 g/mol. The van der Waals surface area contributed by atoms with Crippen LogP contribution in [0.4, 0.5) is 0 Å². The molecule has 1 N–H and O–H groups in total. The van der Waals surface area contributed by atoms with Crippen molar-refractivity contribution in [2.24, 2.45) is 0 Å². The van der Waals surface area contributed by atoms with Gasteiger partial charge in [-0.1, -0.05) is 12.2 Å². The van der Waals surface area contributed by atoms with Crippen molar-refractivity contribution in [3.63, 3.8) is 0 Å². The SMILES string of the molecule is [B][C@@H](O)/C=C/[C@H]1CCC(=O)N1I. The van der Waals surface area contributed by atoms with Gasteiger partial charge in [-0.05, 0) is 6.42 Å². The van der Waals surface area contributed by atoms with Gasteiger partial charge < -0.3 is 5.11 Å². The lowest BCUT2D eigenvalue weighted by Gasteiger charge is -2.12. The molecular weight excluding hydrogens is 268 g/mol. The molecule has 0 aromatic heterocycles. The van der Waals surface area contributed by atoms with Crippen molar-refractivity contribution >= 4 is 36.6 Å². The quantitative estimate of drug-likeness (QED) is 0.343. The second-order valence-electron chi connectivity index (χ2n) is 2.69. The molecule has 1 saturated heterocycles. The molecule has 2 radical (unpaired) electrons. The predicted octanol–water partition coefficient (Wildman–Crippen LogP) is 0.370. The minimum Gasteiger partial charge on any atom is -0.399 e. The average Bonchev–Trinajstić information content (AvgIpc) is 2.30. The summed E-state index contributed by atoms with van der Waals surface area (Å²) < 4.78 is 1.64. The number of aliphatic hydroxyl groups excluding tert-OH is 1. The number of aliphatic hydroxyl groups is 1. The van der Waals surface area contributed by atoms with Crippen LogP contribution in [-0.4, -0.2) is 34.0 Å². The van der Waals surface area contributed by atoms with Crippen LogP contribution in [0.25, 0.3) is 0 Å². The van der Waals surface area contributed by atoms with Crippen molar-refractivity contribution in [2.45, 2.75) is 24.9 Å². The molecule has 0 unspecified atom stereocenters. The summed E-state index contributed by atoms with van der Waals surface area (Å²) in [5.41, 5.74) is 0. The first-order valence-corrected chi connectivity index (χ1v) is 4.67. The van der Waals surface area contributed by atoms with Crippen molar-refractivity contribution in [1.82, 2.24) is 3.11 Å². The minimum absolute atomic E-state index is 0.0938. The number of hydrogen-bond acceptors (Lipinski definition) is 2. The molecule has 64 valence electrons. The van der Waals surface area contributed by atoms with Gasteiger partial charge in [-0.15, -0.1) is 0 Å². The molecule has 3 nitrogen and oxygen atoms in total. The number of carbonyl (C=O) groups excluding carboxylic acids is 1. The summed E-state index contributed by atoms with van der Waals surface area (Å²) in [4.78, 5) is 11.0. The van der Waals surface area contributed by atoms with E-state index in [1.54, 1.807) is 9.19 Å². The summed E-state index contributed by atoms with van der Waals surface area (Å²) in [6.45, 7) is 0. The number of nitrogens with zero attached hydrogens (tertiary/aromatic N) is 1. The van der Waals surface area contributed by atoms with E-state index in [9.17, 15) is 4.79 Å². The molecule has 5 heteroatoms. The first kappa shape index (κ1) is 10.0. The van der Waals surface area contributed by atoms with Crippen LogP contribution in [0.5, 0.6) is 0 Å². The number of amides is 1. The lowest BCUT2D eigenvalue weighted by Crippen LogP contribution is -2.20. The molecule has 0 aromatic carbocycles. The Kier molecular flexibility index (Phi) is 3.58. The lowest BCUT2D eigenvalue weighted by molar-refractivity contribution is -0.122. The van der Waals surface area contributed by atoms with Crippen molar-refractivity contribution < 1.29 is 9.90 Å². The van der Waals surface area contributed by atoms with E-state index in [1.807, 2.05) is 22.9 Å². The molecule has 1 aliphatic heterocycles. The number of rotatable bonds is 2. The molecule has 0 saturated carbocycles. The fourth-order valence-corrected chi connectivity index (χ4v) is 1.80. The van der Waals surface area contributed by atoms with Crippen molar-refractivity contribution in [3.8, 4) is 0 Å². The topological polar surface area (TPSA) is 40.5 Å². The highest BCUT2D eigenvalue weighted by Crippen LogP contribution is 2.23. The zero-order valence-corrected chi connectivity index (χ0v) is 8.64. The molecule has 1 amide bonds. The number of hydrogen-bond donors (Lipinski definition) is 1. The van der Waals surface area contributed by atoms with Gasteiger partial charge in [0.2, 0.25) is 5.91 Å². The van der Waals surface area contributed by atoms with E-state index in [0.717, 1.165) is 6.42 Å². The molecule has 1 fully saturated rings. The molecule has 0 aliphatic carbocycles. The molecule has 12 heavy (non-hydrogen) atoms. The van der Waals surface area contributed by atoms with Gasteiger partial charge in [-0.2, -0.15) is 0 Å². The van der Waals surface area contributed by atoms with Crippen LogP contribution in [0.2, 0.25) is 0 Å². The van der Waals surface area contributed by atoms with Gasteiger partial charge in [0.25, 0.3) is 0 Å². The monoisotopic (exact) mass is 277 g/mol. The van der Waals surface area contributed by atoms with E-state index >= 15 is 0 Å². The third-order valence-electron chi connectivity index (χ3n) is 1.71. The summed E-state index contributed by atoms with van der Waals surface area (Å²) in [5.74, 6) is 0.136. The Morgan fingerprint density at radius 3 is 2.92 bits per heavy atom. The molecule has 1 heterocycles. The molecule has 2 atom stereocenters. The fourth-order valence-electron chi connectivity index (χ4n) is 1.09. The summed E-state index contributed by atoms with van der Waals surface area (Å²) in [6, 6.07) is -0.832. The zero-order chi connectivity index (χ0) is 9.14. The van der Waals surface area contributed by atoms with Crippen molar-refractivity contribution in [1.29, 1.82) is 0 Å². The Morgan fingerprint density at radius 1 is 1.83 bits per heavy atom. The van der Waals surface area contributed by atoms with Gasteiger partial charge in [0.1, 0.15) is 7.85 Å². The van der Waals surface area contributed by atoms with Gasteiger partial charge in [0.15, 0.2) is 0 Å². The van der Waals surface area contributed by atoms with E-state index in [1.165, 1.54) is 6.08 Å². The molecule has 1 aliphatic rings. The van der Waals surface area contributed by atoms with Crippen LogP contribution in [0.3, 0.4) is 0 Å². The molecular formula is C7H9BINO2. The van der Waals surface area contributed by atoms with E-state index in [4.69, 9.17) is 13.0 Å². The largest absolute Gasteiger partial charge is 0.399 e. The van der Waals surface area contributed by atoms with E-state index in [2.05, 4.69) is 0 Å². The second-order valence-corrected chi connectivity index (χ2v) is 3.73. The van der Waals surface area contributed by atoms with Gasteiger partial charge >= 0.3 is 0 Å². The minimum atomic E-state index is -0.925. The van der Waals surface area contributed by atoms with Crippen LogP contribution < -0.4 is 0 Å². The van der Waals surface area contributed by atoms with Gasteiger partial charge in [0.05, 0.1) is 28.9 Å². The third-order valence-corrected chi connectivity index (χ3v) is 2.97. The molecule has 0 spiro atoms. The summed E-state index contributed by atoms with van der Waals surface area (Å²) in [6.07, 6.45) is 4.65. The van der Waals surface area contributed by atoms with Crippen molar-refractivity contribution in [3.05, 3.63) is 12.2 Å². The highest BCUT2D eigenvalue weighted by atomic mass is 127. The standard InChI is InChI=1S/C7H9BINO2/c8-6(11)3-1-5-2-4-7(12)10(5)9/h1,3,5-6,11H,2,4H2/b3-1+/t5-,6-/m0/s1. The Balaban J connectivity index is 2.49. The third kappa shape index (κ3) is 2.48. The predicted molar refractivity (Wildman–Crippen MR) is 54.8 cm³/mol. The Hall–Kier alpha value is -0.0351. The normalized spacial score (nSPS) is 27.0. The van der Waals surface area contributed by atoms with Crippen LogP contribution in [0.1, 0.15) is 12.8 Å². The van der Waals surface area contributed by atoms with Crippen LogP contribution in [-0.2, 0) is 4.79 Å². The maximum absolute atomic E-state index is 11.0. The summed E-state index contributed by atoms with van der Waals surface area (Å²) >= 11 is 1.98.